The van der Waals surface area contributed by atoms with Crippen LogP contribution in [0.5, 0.6) is 0 Å². The first-order chi connectivity index (χ1) is 13.9. The summed E-state index contributed by atoms with van der Waals surface area (Å²) in [4.78, 5) is 12.2. The zero-order valence-electron chi connectivity index (χ0n) is 16.6. The lowest BCUT2D eigenvalue weighted by molar-refractivity contribution is -0.121. The molecule has 1 fully saturated rings. The third kappa shape index (κ3) is 6.39. The molecule has 0 aromatic heterocycles. The van der Waals surface area contributed by atoms with Crippen molar-refractivity contribution in [2.45, 2.75) is 49.6 Å². The Morgan fingerprint density at radius 1 is 1.14 bits per heavy atom. The Kier molecular flexibility index (Phi) is 7.41. The molecule has 1 heterocycles. The van der Waals surface area contributed by atoms with Gasteiger partial charge in [-0.1, -0.05) is 42.5 Å². The van der Waals surface area contributed by atoms with E-state index in [0.717, 1.165) is 30.6 Å². The van der Waals surface area contributed by atoms with Crippen molar-refractivity contribution < 1.29 is 17.9 Å². The number of hydrogen-bond acceptors (Lipinski definition) is 4. The third-order valence-electron chi connectivity index (χ3n) is 5.06. The Balaban J connectivity index is 1.50. The van der Waals surface area contributed by atoms with Crippen LogP contribution in [0.15, 0.2) is 59.5 Å². The Hall–Kier alpha value is -2.22. The maximum Gasteiger partial charge on any atom is 0.241 e. The highest BCUT2D eigenvalue weighted by Gasteiger charge is 2.19. The lowest BCUT2D eigenvalue weighted by atomic mass is 10.1. The third-order valence-corrected chi connectivity index (χ3v) is 6.61. The van der Waals surface area contributed by atoms with Crippen LogP contribution in [-0.2, 0) is 26.0 Å². The van der Waals surface area contributed by atoms with Gasteiger partial charge in [-0.15, -0.1) is 0 Å². The van der Waals surface area contributed by atoms with Gasteiger partial charge in [-0.3, -0.25) is 4.79 Å². The summed E-state index contributed by atoms with van der Waals surface area (Å²) in [6, 6.07) is 15.8. The molecule has 2 aromatic carbocycles. The summed E-state index contributed by atoms with van der Waals surface area (Å²) in [7, 11) is -3.62. The minimum Gasteiger partial charge on any atom is -0.376 e. The molecule has 29 heavy (non-hydrogen) atoms. The lowest BCUT2D eigenvalue weighted by Crippen LogP contribution is -2.31. The van der Waals surface area contributed by atoms with Gasteiger partial charge in [0.05, 0.1) is 11.0 Å². The molecule has 2 atom stereocenters. The van der Waals surface area contributed by atoms with Crippen molar-refractivity contribution in [3.63, 3.8) is 0 Å². The zero-order chi connectivity index (χ0) is 20.7. The van der Waals surface area contributed by atoms with Crippen molar-refractivity contribution in [2.75, 3.05) is 13.2 Å². The van der Waals surface area contributed by atoms with Crippen molar-refractivity contribution >= 4 is 15.9 Å². The number of benzene rings is 2. The first-order valence-electron chi connectivity index (χ1n) is 9.98. The van der Waals surface area contributed by atoms with Gasteiger partial charge in [0, 0.05) is 25.6 Å². The van der Waals surface area contributed by atoms with E-state index >= 15 is 0 Å². The summed E-state index contributed by atoms with van der Waals surface area (Å²) in [5.41, 5.74) is 1.83. The number of rotatable bonds is 9. The molecule has 1 saturated heterocycles. The Bertz CT molecular complexity index is 892. The highest BCUT2D eigenvalue weighted by Crippen LogP contribution is 2.18. The smallest absolute Gasteiger partial charge is 0.241 e. The minimum atomic E-state index is -3.62. The molecule has 3 rings (SSSR count). The second-order valence-corrected chi connectivity index (χ2v) is 9.05. The normalized spacial score (nSPS) is 17.8. The summed E-state index contributed by atoms with van der Waals surface area (Å²) in [5, 5.41) is 2.90. The van der Waals surface area contributed by atoms with Crippen molar-refractivity contribution in [1.29, 1.82) is 0 Å². The van der Waals surface area contributed by atoms with Crippen molar-refractivity contribution in [1.82, 2.24) is 10.0 Å². The number of amides is 1. The highest BCUT2D eigenvalue weighted by molar-refractivity contribution is 7.89. The van der Waals surface area contributed by atoms with Gasteiger partial charge < -0.3 is 10.1 Å². The second-order valence-electron chi connectivity index (χ2n) is 7.34. The maximum atomic E-state index is 12.6. The number of ether oxygens (including phenoxy) is 1. The van der Waals surface area contributed by atoms with Crippen LogP contribution in [0.4, 0.5) is 0 Å². The van der Waals surface area contributed by atoms with E-state index in [1.54, 1.807) is 24.3 Å². The van der Waals surface area contributed by atoms with Gasteiger partial charge >= 0.3 is 0 Å². The van der Waals surface area contributed by atoms with Crippen molar-refractivity contribution in [3.8, 4) is 0 Å². The molecule has 156 valence electrons. The van der Waals surface area contributed by atoms with Crippen LogP contribution in [-0.4, -0.2) is 33.6 Å². The summed E-state index contributed by atoms with van der Waals surface area (Å²) in [6.07, 6.45) is 3.10. The van der Waals surface area contributed by atoms with E-state index in [2.05, 4.69) is 10.0 Å². The number of hydrogen-bond donors (Lipinski definition) is 2. The van der Waals surface area contributed by atoms with E-state index in [4.69, 9.17) is 4.74 Å². The molecule has 0 bridgehead atoms. The van der Waals surface area contributed by atoms with Gasteiger partial charge in [0.2, 0.25) is 15.9 Å². The zero-order valence-corrected chi connectivity index (χ0v) is 17.5. The molecule has 2 aromatic rings. The topological polar surface area (TPSA) is 84.5 Å². The van der Waals surface area contributed by atoms with Crippen LogP contribution >= 0.6 is 0 Å². The second kappa shape index (κ2) is 10.0. The minimum absolute atomic E-state index is 0.0180. The SMILES string of the molecule is C[C@H](NS(=O)(=O)c1ccc(CCC(=O)NC[C@@H]2CCCO2)cc1)c1ccccc1. The Morgan fingerprint density at radius 3 is 2.52 bits per heavy atom. The quantitative estimate of drug-likeness (QED) is 0.658. The van der Waals surface area contributed by atoms with Crippen molar-refractivity contribution in [2.24, 2.45) is 0 Å². The maximum absolute atomic E-state index is 12.6. The van der Waals surface area contributed by atoms with E-state index < -0.39 is 10.0 Å². The molecule has 0 unspecified atom stereocenters. The van der Waals surface area contributed by atoms with Gasteiger partial charge in [-0.05, 0) is 49.4 Å². The van der Waals surface area contributed by atoms with Crippen LogP contribution in [0.1, 0.15) is 43.4 Å². The molecule has 7 heteroatoms. The molecule has 1 amide bonds. The van der Waals surface area contributed by atoms with Crippen LogP contribution in [0.3, 0.4) is 0 Å². The molecule has 2 N–H and O–H groups in total. The van der Waals surface area contributed by atoms with Crippen molar-refractivity contribution in [3.05, 3.63) is 65.7 Å². The predicted octanol–water partition coefficient (Wildman–Crippen LogP) is 2.95. The highest BCUT2D eigenvalue weighted by atomic mass is 32.2. The molecule has 0 radical (unpaired) electrons. The Morgan fingerprint density at radius 2 is 1.86 bits per heavy atom. The molecule has 1 aliphatic heterocycles. The number of nitrogens with one attached hydrogen (secondary N) is 2. The predicted molar refractivity (Wildman–Crippen MR) is 112 cm³/mol. The largest absolute Gasteiger partial charge is 0.376 e. The van der Waals surface area contributed by atoms with E-state index in [9.17, 15) is 13.2 Å². The summed E-state index contributed by atoms with van der Waals surface area (Å²) in [5.74, 6) is -0.0180. The summed E-state index contributed by atoms with van der Waals surface area (Å²) in [6.45, 7) is 3.15. The number of aryl methyl sites for hydroxylation is 1. The monoisotopic (exact) mass is 416 g/mol. The standard InChI is InChI=1S/C22H28N2O4S/c1-17(19-6-3-2-4-7-19)24-29(26,27)21-12-9-18(10-13-21)11-14-22(25)23-16-20-8-5-15-28-20/h2-4,6-7,9-10,12-13,17,20,24H,5,8,11,14-16H2,1H3,(H,23,25)/t17-,20-/m0/s1. The lowest BCUT2D eigenvalue weighted by Gasteiger charge is -2.15. The molecular formula is C22H28N2O4S. The van der Waals surface area contributed by atoms with E-state index in [-0.39, 0.29) is 22.9 Å². The van der Waals surface area contributed by atoms with Gasteiger partial charge in [-0.2, -0.15) is 0 Å². The molecule has 1 aliphatic rings. The van der Waals surface area contributed by atoms with E-state index in [0.29, 0.717) is 19.4 Å². The van der Waals surface area contributed by atoms with E-state index in [1.165, 1.54) is 0 Å². The number of carbonyl (C=O) groups is 1. The number of carbonyl (C=O) groups excluding carboxylic acids is 1. The fraction of sp³-hybridized carbons (Fsp3) is 0.409. The molecular weight excluding hydrogens is 388 g/mol. The van der Waals surface area contributed by atoms with Crippen LogP contribution in [0, 0.1) is 0 Å². The molecule has 0 spiro atoms. The van der Waals surface area contributed by atoms with Gasteiger partial charge in [0.15, 0.2) is 0 Å². The average molecular weight is 417 g/mol. The van der Waals surface area contributed by atoms with Crippen LogP contribution in [0.2, 0.25) is 0 Å². The number of sulfonamides is 1. The van der Waals surface area contributed by atoms with Gasteiger partial charge in [0.25, 0.3) is 0 Å². The summed E-state index contributed by atoms with van der Waals surface area (Å²) >= 11 is 0. The van der Waals surface area contributed by atoms with E-state index in [1.807, 2.05) is 37.3 Å². The van der Waals surface area contributed by atoms with Crippen LogP contribution in [0.25, 0.3) is 0 Å². The fourth-order valence-electron chi connectivity index (χ4n) is 3.33. The average Bonchev–Trinajstić information content (AvgIpc) is 3.25. The first kappa shape index (κ1) is 21.5. The van der Waals surface area contributed by atoms with Crippen LogP contribution < -0.4 is 10.0 Å². The molecule has 0 saturated carbocycles. The first-order valence-corrected chi connectivity index (χ1v) is 11.5. The van der Waals surface area contributed by atoms with Gasteiger partial charge in [0.1, 0.15) is 0 Å². The van der Waals surface area contributed by atoms with Gasteiger partial charge in [-0.25, -0.2) is 13.1 Å². The summed E-state index contributed by atoms with van der Waals surface area (Å²) < 4.78 is 33.4. The molecule has 0 aliphatic carbocycles. The molecule has 6 nitrogen and oxygen atoms in total. The Labute approximate surface area is 172 Å². The fourth-order valence-corrected chi connectivity index (χ4v) is 4.56.